The van der Waals surface area contributed by atoms with E-state index in [-0.39, 0.29) is 5.56 Å². The zero-order valence-electron chi connectivity index (χ0n) is 14.7. The standard InChI is InChI=1S/C19H21N5O2/c1-22-9-11-23(12-10-22)13-17-21-15-6-4-8-20-18(15)24(17)16-7-3-2-5-14(16)19(25)26/h2-8H,9-13H2,1H3,(H,25,26). The molecule has 7 nitrogen and oxygen atoms in total. The summed E-state index contributed by atoms with van der Waals surface area (Å²) < 4.78 is 1.89. The highest BCUT2D eigenvalue weighted by Gasteiger charge is 2.21. The van der Waals surface area contributed by atoms with Crippen LogP contribution in [0.1, 0.15) is 16.2 Å². The summed E-state index contributed by atoms with van der Waals surface area (Å²) in [4.78, 5) is 25.6. The third-order valence-corrected chi connectivity index (χ3v) is 4.82. The molecule has 1 aliphatic heterocycles. The molecule has 0 bridgehead atoms. The van der Waals surface area contributed by atoms with Crippen molar-refractivity contribution in [1.82, 2.24) is 24.3 Å². The third-order valence-electron chi connectivity index (χ3n) is 4.82. The number of piperazine rings is 1. The summed E-state index contributed by atoms with van der Waals surface area (Å²) >= 11 is 0. The maximum Gasteiger partial charge on any atom is 0.337 e. The molecule has 0 spiro atoms. The third kappa shape index (κ3) is 3.07. The Hall–Kier alpha value is -2.77. The van der Waals surface area contributed by atoms with E-state index in [1.165, 1.54) is 0 Å². The Morgan fingerprint density at radius 2 is 1.88 bits per heavy atom. The smallest absolute Gasteiger partial charge is 0.337 e. The molecule has 0 saturated carbocycles. The van der Waals surface area contributed by atoms with Gasteiger partial charge in [-0.3, -0.25) is 9.47 Å². The number of likely N-dealkylation sites (N-methyl/N-ethyl adjacent to an activating group) is 1. The van der Waals surface area contributed by atoms with Crippen molar-refractivity contribution in [3.05, 3.63) is 54.0 Å². The highest BCUT2D eigenvalue weighted by Crippen LogP contribution is 2.24. The predicted molar refractivity (Wildman–Crippen MR) is 98.6 cm³/mol. The molecule has 1 N–H and O–H groups in total. The van der Waals surface area contributed by atoms with Crippen LogP contribution in [-0.2, 0) is 6.54 Å². The van der Waals surface area contributed by atoms with Crippen molar-refractivity contribution in [3.8, 4) is 5.69 Å². The Morgan fingerprint density at radius 1 is 1.12 bits per heavy atom. The van der Waals surface area contributed by atoms with Gasteiger partial charge in [0.15, 0.2) is 5.65 Å². The van der Waals surface area contributed by atoms with Crippen molar-refractivity contribution in [2.45, 2.75) is 6.54 Å². The van der Waals surface area contributed by atoms with Gasteiger partial charge < -0.3 is 10.0 Å². The van der Waals surface area contributed by atoms with E-state index in [0.29, 0.717) is 17.9 Å². The van der Waals surface area contributed by atoms with Crippen LogP contribution in [0.5, 0.6) is 0 Å². The Bertz CT molecular complexity index is 944. The molecule has 1 aromatic carbocycles. The fourth-order valence-electron chi connectivity index (χ4n) is 3.37. The van der Waals surface area contributed by atoms with Gasteiger partial charge in [0, 0.05) is 32.4 Å². The minimum Gasteiger partial charge on any atom is -0.478 e. The van der Waals surface area contributed by atoms with Crippen LogP contribution in [0.2, 0.25) is 0 Å². The van der Waals surface area contributed by atoms with Gasteiger partial charge in [-0.2, -0.15) is 0 Å². The van der Waals surface area contributed by atoms with E-state index in [0.717, 1.165) is 37.5 Å². The Balaban J connectivity index is 1.81. The van der Waals surface area contributed by atoms with Crippen molar-refractivity contribution in [2.75, 3.05) is 33.2 Å². The van der Waals surface area contributed by atoms with Crippen molar-refractivity contribution in [1.29, 1.82) is 0 Å². The van der Waals surface area contributed by atoms with Crippen LogP contribution in [0.25, 0.3) is 16.9 Å². The summed E-state index contributed by atoms with van der Waals surface area (Å²) in [7, 11) is 2.12. The fourth-order valence-corrected chi connectivity index (χ4v) is 3.37. The average Bonchev–Trinajstić information content (AvgIpc) is 3.01. The molecule has 134 valence electrons. The predicted octanol–water partition coefficient (Wildman–Crippen LogP) is 1.87. The Labute approximate surface area is 151 Å². The van der Waals surface area contributed by atoms with E-state index in [2.05, 4.69) is 21.8 Å². The van der Waals surface area contributed by atoms with E-state index in [1.54, 1.807) is 18.3 Å². The van der Waals surface area contributed by atoms with E-state index in [4.69, 9.17) is 4.98 Å². The van der Waals surface area contributed by atoms with Gasteiger partial charge in [-0.05, 0) is 31.3 Å². The molecule has 1 aliphatic rings. The number of benzene rings is 1. The number of hydrogen-bond acceptors (Lipinski definition) is 5. The van der Waals surface area contributed by atoms with Gasteiger partial charge in [0.05, 0.1) is 17.8 Å². The molecule has 0 radical (unpaired) electrons. The maximum absolute atomic E-state index is 11.7. The van der Waals surface area contributed by atoms with Gasteiger partial charge in [0.25, 0.3) is 0 Å². The lowest BCUT2D eigenvalue weighted by atomic mass is 10.1. The number of carbonyl (C=O) groups is 1. The number of hydrogen-bond donors (Lipinski definition) is 1. The van der Waals surface area contributed by atoms with Crippen LogP contribution < -0.4 is 0 Å². The maximum atomic E-state index is 11.7. The first-order chi connectivity index (χ1) is 12.6. The molecule has 3 heterocycles. The Kier molecular flexibility index (Phi) is 4.40. The minimum atomic E-state index is -0.955. The first-order valence-corrected chi connectivity index (χ1v) is 8.69. The van der Waals surface area contributed by atoms with Crippen LogP contribution >= 0.6 is 0 Å². The molecular formula is C19H21N5O2. The molecule has 3 aromatic rings. The van der Waals surface area contributed by atoms with Gasteiger partial charge in [-0.15, -0.1) is 0 Å². The SMILES string of the molecule is CN1CCN(Cc2nc3cccnc3n2-c2ccccc2C(=O)O)CC1. The van der Waals surface area contributed by atoms with Crippen LogP contribution in [0.3, 0.4) is 0 Å². The lowest BCUT2D eigenvalue weighted by molar-refractivity contribution is 0.0697. The van der Waals surface area contributed by atoms with Gasteiger partial charge in [0.2, 0.25) is 0 Å². The number of nitrogens with zero attached hydrogens (tertiary/aromatic N) is 5. The van der Waals surface area contributed by atoms with Crippen LogP contribution in [-0.4, -0.2) is 68.6 Å². The molecule has 0 aliphatic carbocycles. The molecule has 2 aromatic heterocycles. The number of carboxylic acid groups (broad SMARTS) is 1. The monoisotopic (exact) mass is 351 g/mol. The number of rotatable bonds is 4. The van der Waals surface area contributed by atoms with Gasteiger partial charge in [-0.1, -0.05) is 12.1 Å². The van der Waals surface area contributed by atoms with Crippen molar-refractivity contribution in [2.24, 2.45) is 0 Å². The lowest BCUT2D eigenvalue weighted by Gasteiger charge is -2.32. The normalized spacial score (nSPS) is 16.2. The average molecular weight is 351 g/mol. The molecule has 26 heavy (non-hydrogen) atoms. The van der Waals surface area contributed by atoms with Crippen LogP contribution in [0, 0.1) is 0 Å². The quantitative estimate of drug-likeness (QED) is 0.773. The number of aromatic nitrogens is 3. The van der Waals surface area contributed by atoms with E-state index < -0.39 is 5.97 Å². The number of para-hydroxylation sites is 1. The first kappa shape index (κ1) is 16.7. The topological polar surface area (TPSA) is 74.5 Å². The molecule has 7 heteroatoms. The zero-order valence-corrected chi connectivity index (χ0v) is 14.7. The van der Waals surface area contributed by atoms with Crippen molar-refractivity contribution in [3.63, 3.8) is 0 Å². The molecule has 0 amide bonds. The number of aromatic carboxylic acids is 1. The molecule has 1 fully saturated rings. The van der Waals surface area contributed by atoms with Crippen molar-refractivity contribution >= 4 is 17.1 Å². The second-order valence-electron chi connectivity index (χ2n) is 6.61. The lowest BCUT2D eigenvalue weighted by Crippen LogP contribution is -2.44. The molecule has 1 saturated heterocycles. The van der Waals surface area contributed by atoms with Crippen LogP contribution in [0.15, 0.2) is 42.6 Å². The number of imidazole rings is 1. The summed E-state index contributed by atoms with van der Waals surface area (Å²) in [5.41, 5.74) is 2.31. The molecule has 0 unspecified atom stereocenters. The van der Waals surface area contributed by atoms with E-state index in [1.807, 2.05) is 28.8 Å². The fraction of sp³-hybridized carbons (Fsp3) is 0.316. The summed E-state index contributed by atoms with van der Waals surface area (Å²) in [6.45, 7) is 4.63. The summed E-state index contributed by atoms with van der Waals surface area (Å²) in [6, 6.07) is 10.8. The van der Waals surface area contributed by atoms with Gasteiger partial charge in [0.1, 0.15) is 11.3 Å². The second kappa shape index (κ2) is 6.86. The number of fused-ring (bicyclic) bond motifs is 1. The molecule has 4 rings (SSSR count). The van der Waals surface area contributed by atoms with E-state index >= 15 is 0 Å². The number of pyridine rings is 1. The highest BCUT2D eigenvalue weighted by atomic mass is 16.4. The van der Waals surface area contributed by atoms with Gasteiger partial charge in [-0.25, -0.2) is 14.8 Å². The zero-order chi connectivity index (χ0) is 18.1. The first-order valence-electron chi connectivity index (χ1n) is 8.69. The summed E-state index contributed by atoms with van der Waals surface area (Å²) in [6.07, 6.45) is 1.71. The Morgan fingerprint density at radius 3 is 2.65 bits per heavy atom. The van der Waals surface area contributed by atoms with Gasteiger partial charge >= 0.3 is 5.97 Å². The number of carboxylic acids is 1. The summed E-state index contributed by atoms with van der Waals surface area (Å²) in [5.74, 6) is -0.138. The van der Waals surface area contributed by atoms with Crippen molar-refractivity contribution < 1.29 is 9.90 Å². The largest absolute Gasteiger partial charge is 0.478 e. The van der Waals surface area contributed by atoms with Crippen LogP contribution in [0.4, 0.5) is 0 Å². The summed E-state index contributed by atoms with van der Waals surface area (Å²) in [5, 5.41) is 9.61. The second-order valence-corrected chi connectivity index (χ2v) is 6.61. The highest BCUT2D eigenvalue weighted by molar-refractivity contribution is 5.93. The minimum absolute atomic E-state index is 0.247. The van der Waals surface area contributed by atoms with E-state index in [9.17, 15) is 9.90 Å². The molecule has 0 atom stereocenters. The molecular weight excluding hydrogens is 330 g/mol.